The molecule has 8 nitrogen and oxygen atoms in total. The van der Waals surface area contributed by atoms with Crippen molar-refractivity contribution in [3.05, 3.63) is 51.9 Å². The number of aromatic amines is 1. The Labute approximate surface area is 217 Å². The number of amidine groups is 1. The predicted octanol–water partition coefficient (Wildman–Crippen LogP) is 5.13. The van der Waals surface area contributed by atoms with Crippen molar-refractivity contribution >= 4 is 53.5 Å². The van der Waals surface area contributed by atoms with Crippen molar-refractivity contribution in [3.8, 4) is 5.75 Å². The van der Waals surface area contributed by atoms with Gasteiger partial charge in [-0.15, -0.1) is 11.8 Å². The predicted molar refractivity (Wildman–Crippen MR) is 153 cm³/mol. The van der Waals surface area contributed by atoms with E-state index in [9.17, 15) is 0 Å². The van der Waals surface area contributed by atoms with Gasteiger partial charge in [-0.25, -0.2) is 9.98 Å². The number of benzene rings is 1. The summed E-state index contributed by atoms with van der Waals surface area (Å²) in [6, 6.07) is 5.83. The number of halogens is 1. The van der Waals surface area contributed by atoms with Crippen molar-refractivity contribution in [1.29, 1.82) is 0 Å². The number of nitrogens with one attached hydrogen (secondary N) is 2. The number of rotatable bonds is 14. The quantitative estimate of drug-likeness (QED) is 0.206. The summed E-state index contributed by atoms with van der Waals surface area (Å²) in [5.74, 6) is 2.59. The third kappa shape index (κ3) is 9.08. The van der Waals surface area contributed by atoms with E-state index < -0.39 is 0 Å². The van der Waals surface area contributed by atoms with Crippen LogP contribution in [0.25, 0.3) is 10.9 Å². The first-order chi connectivity index (χ1) is 16.8. The second kappa shape index (κ2) is 14.6. The second-order valence-corrected chi connectivity index (χ2v) is 9.64. The Bertz CT molecular complexity index is 1090. The first-order valence-electron chi connectivity index (χ1n) is 11.3. The lowest BCUT2D eigenvalue weighted by Crippen LogP contribution is -2.36. The van der Waals surface area contributed by atoms with Gasteiger partial charge in [0, 0.05) is 53.4 Å². The molecule has 0 aliphatic carbocycles. The van der Waals surface area contributed by atoms with Gasteiger partial charge in [-0.3, -0.25) is 4.99 Å². The zero-order valence-electron chi connectivity index (χ0n) is 21.3. The summed E-state index contributed by atoms with van der Waals surface area (Å²) >= 11 is 8.19. The molecule has 0 radical (unpaired) electrons. The maximum atomic E-state index is 6.58. The molecule has 0 amide bonds. The van der Waals surface area contributed by atoms with Crippen LogP contribution >= 0.6 is 23.4 Å². The minimum absolute atomic E-state index is 0.116. The van der Waals surface area contributed by atoms with Crippen LogP contribution in [0.15, 0.2) is 56.2 Å². The molecular weight excluding hydrogens is 482 g/mol. The minimum Gasteiger partial charge on any atom is -0.470 e. The van der Waals surface area contributed by atoms with Crippen LogP contribution in [-0.4, -0.2) is 80.4 Å². The molecule has 2 rings (SSSR count). The van der Waals surface area contributed by atoms with Gasteiger partial charge in [0.05, 0.1) is 10.9 Å². The molecule has 1 aromatic heterocycles. The van der Waals surface area contributed by atoms with E-state index in [0.29, 0.717) is 22.5 Å². The Morgan fingerprint density at radius 1 is 1.29 bits per heavy atom. The van der Waals surface area contributed by atoms with E-state index in [1.54, 1.807) is 18.0 Å². The van der Waals surface area contributed by atoms with Crippen LogP contribution in [0.3, 0.4) is 0 Å². The zero-order valence-corrected chi connectivity index (χ0v) is 22.8. The summed E-state index contributed by atoms with van der Waals surface area (Å²) in [4.78, 5) is 21.3. The third-order valence-electron chi connectivity index (χ3n) is 5.07. The molecule has 1 aromatic carbocycles. The number of aromatic nitrogens is 1. The molecule has 0 atom stereocenters. The number of thioether (sulfide) groups is 1. The Hall–Kier alpha value is -2.75. The first kappa shape index (κ1) is 28.5. The minimum atomic E-state index is 0.116. The largest absolute Gasteiger partial charge is 0.470 e. The lowest BCUT2D eigenvalue weighted by atomic mass is 10.2. The number of H-pyrrole nitrogens is 1. The average Bonchev–Trinajstić information content (AvgIpc) is 3.21. The topological polar surface area (TPSA) is 80.6 Å². The third-order valence-corrected chi connectivity index (χ3v) is 6.31. The number of fused-ring (bicyclic) bond motifs is 1. The molecule has 0 saturated carbocycles. The van der Waals surface area contributed by atoms with Crippen molar-refractivity contribution in [1.82, 2.24) is 20.1 Å². The number of aliphatic imine (C=N–C) groups is 3. The molecule has 10 heteroatoms. The summed E-state index contributed by atoms with van der Waals surface area (Å²) in [5.41, 5.74) is 2.03. The van der Waals surface area contributed by atoms with Crippen LogP contribution in [0.4, 0.5) is 0 Å². The van der Waals surface area contributed by atoms with Crippen molar-refractivity contribution < 1.29 is 4.74 Å². The van der Waals surface area contributed by atoms with E-state index in [4.69, 9.17) is 21.3 Å². The zero-order chi connectivity index (χ0) is 25.8. The van der Waals surface area contributed by atoms with E-state index >= 15 is 0 Å². The van der Waals surface area contributed by atoms with Crippen LogP contribution in [0.5, 0.6) is 5.75 Å². The molecule has 2 aromatic rings. The molecule has 0 spiro atoms. The average molecular weight is 518 g/mol. The number of allylic oxidation sites excluding steroid dienone is 1. The van der Waals surface area contributed by atoms with Crippen LogP contribution in [-0.2, 0) is 0 Å². The summed E-state index contributed by atoms with van der Waals surface area (Å²) < 4.78 is 5.97. The molecule has 1 heterocycles. The summed E-state index contributed by atoms with van der Waals surface area (Å²) in [6.45, 7) is 15.9. The molecule has 0 saturated heterocycles. The highest BCUT2D eigenvalue weighted by Crippen LogP contribution is 2.33. The standard InChI is InChI=1S/C25H36ClN7OS/c1-8-33(12-11-32(6)7)24(14-23(28-5)30-17-35-19(3)15-27-4)29-16-34-22-10-9-21-20(25(22)26)13-18(2)31-21/h9-10,13-15,30-31H,4-5,8,11-12,16-17H2,1-3,6-7H3/b19-15-,23-14+,29-24+. The molecule has 35 heavy (non-hydrogen) atoms. The van der Waals surface area contributed by atoms with Gasteiger partial charge < -0.3 is 24.8 Å². The summed E-state index contributed by atoms with van der Waals surface area (Å²) in [5, 5.41) is 4.79. The van der Waals surface area contributed by atoms with Gasteiger partial charge in [0.25, 0.3) is 0 Å². The molecule has 190 valence electrons. The monoisotopic (exact) mass is 517 g/mol. The number of likely N-dealkylation sites (N-methyl/N-ethyl adjacent to an activating group) is 2. The highest BCUT2D eigenvalue weighted by atomic mass is 35.5. The van der Waals surface area contributed by atoms with Gasteiger partial charge in [0.2, 0.25) is 0 Å². The fourth-order valence-electron chi connectivity index (χ4n) is 3.22. The van der Waals surface area contributed by atoms with E-state index in [2.05, 4.69) is 50.4 Å². The lowest BCUT2D eigenvalue weighted by Gasteiger charge is -2.25. The van der Waals surface area contributed by atoms with E-state index in [0.717, 1.165) is 47.0 Å². The van der Waals surface area contributed by atoms with Crippen LogP contribution in [0.2, 0.25) is 5.02 Å². The van der Waals surface area contributed by atoms with Gasteiger partial charge in [-0.05, 0) is 66.5 Å². The Morgan fingerprint density at radius 3 is 2.71 bits per heavy atom. The molecule has 0 aliphatic rings. The van der Waals surface area contributed by atoms with Crippen molar-refractivity contribution in [3.63, 3.8) is 0 Å². The number of ether oxygens (including phenoxy) is 1. The van der Waals surface area contributed by atoms with Crippen LogP contribution in [0, 0.1) is 6.92 Å². The maximum Gasteiger partial charge on any atom is 0.181 e. The highest BCUT2D eigenvalue weighted by molar-refractivity contribution is 8.03. The van der Waals surface area contributed by atoms with Crippen LogP contribution < -0.4 is 10.1 Å². The highest BCUT2D eigenvalue weighted by Gasteiger charge is 2.11. The van der Waals surface area contributed by atoms with Crippen molar-refractivity contribution in [2.75, 3.05) is 46.3 Å². The fraction of sp³-hybridized carbons (Fsp3) is 0.400. The van der Waals surface area contributed by atoms with Gasteiger partial charge in [0.15, 0.2) is 6.73 Å². The van der Waals surface area contributed by atoms with E-state index in [-0.39, 0.29) is 6.73 Å². The number of nitrogens with zero attached hydrogens (tertiary/aromatic N) is 5. The smallest absolute Gasteiger partial charge is 0.181 e. The lowest BCUT2D eigenvalue weighted by molar-refractivity contribution is 0.318. The molecule has 0 bridgehead atoms. The van der Waals surface area contributed by atoms with Crippen molar-refractivity contribution in [2.45, 2.75) is 20.8 Å². The van der Waals surface area contributed by atoms with E-state index in [1.807, 2.05) is 52.2 Å². The summed E-state index contributed by atoms with van der Waals surface area (Å²) in [7, 11) is 4.10. The fourth-order valence-corrected chi connectivity index (χ4v) is 4.10. The van der Waals surface area contributed by atoms with E-state index in [1.165, 1.54) is 0 Å². The summed E-state index contributed by atoms with van der Waals surface area (Å²) in [6.07, 6.45) is 3.61. The van der Waals surface area contributed by atoms with Gasteiger partial charge in [0.1, 0.15) is 17.4 Å². The SMILES string of the molecule is C=N/C=C(/C)SCN/C(=C/C(=N\COc1ccc2[nH]c(C)cc2c1Cl)N(CC)CCN(C)C)N=C. The van der Waals surface area contributed by atoms with Gasteiger partial charge in [-0.1, -0.05) is 11.6 Å². The molecule has 0 aliphatic heterocycles. The second-order valence-electron chi connectivity index (χ2n) is 8.04. The molecule has 0 unspecified atom stereocenters. The number of aryl methyl sites for hydroxylation is 1. The molecular formula is C25H36ClN7OS. The Kier molecular flexibility index (Phi) is 11.9. The van der Waals surface area contributed by atoms with Gasteiger partial charge >= 0.3 is 0 Å². The van der Waals surface area contributed by atoms with Crippen molar-refractivity contribution in [2.24, 2.45) is 15.0 Å². The Morgan fingerprint density at radius 2 is 2.06 bits per heavy atom. The molecule has 0 fully saturated rings. The van der Waals surface area contributed by atoms with Crippen LogP contribution in [0.1, 0.15) is 19.5 Å². The Balaban J connectivity index is 2.22. The first-order valence-corrected chi connectivity index (χ1v) is 12.7. The maximum absolute atomic E-state index is 6.58. The normalized spacial score (nSPS) is 12.8. The number of hydrogen-bond acceptors (Lipinski definition) is 7. The molecule has 2 N–H and O–H groups in total. The number of hydrogen-bond donors (Lipinski definition) is 2. The van der Waals surface area contributed by atoms with Gasteiger partial charge in [-0.2, -0.15) is 0 Å².